The Morgan fingerprint density at radius 3 is 2.79 bits per heavy atom. The maximum atomic E-state index is 12.8. The van der Waals surface area contributed by atoms with Crippen molar-refractivity contribution < 1.29 is 4.79 Å². The van der Waals surface area contributed by atoms with Crippen molar-refractivity contribution in [2.24, 2.45) is 18.9 Å². The third-order valence-corrected chi connectivity index (χ3v) is 4.61. The van der Waals surface area contributed by atoms with Crippen LogP contribution < -0.4 is 0 Å². The first-order valence-corrected chi connectivity index (χ1v) is 7.18. The quantitative estimate of drug-likeness (QED) is 0.740. The molecule has 1 aliphatic carbocycles. The Bertz CT molecular complexity index is 638. The molecule has 1 aliphatic rings. The summed E-state index contributed by atoms with van der Waals surface area (Å²) in [6.45, 7) is 4.30. The van der Waals surface area contributed by atoms with Gasteiger partial charge >= 0.3 is 0 Å². The van der Waals surface area contributed by atoms with E-state index in [9.17, 15) is 4.79 Å². The van der Waals surface area contributed by atoms with Crippen molar-refractivity contribution in [3.63, 3.8) is 0 Å². The summed E-state index contributed by atoms with van der Waals surface area (Å²) in [6.07, 6.45) is 5.46. The number of carbonyl (C=O) groups is 1. The third kappa shape index (κ3) is 1.99. The van der Waals surface area contributed by atoms with Crippen LogP contribution in [0.2, 0.25) is 0 Å². The average molecular weight is 255 g/mol. The number of carbonyl (C=O) groups excluding carboxylic acids is 1. The van der Waals surface area contributed by atoms with Crippen molar-refractivity contribution >= 4 is 16.7 Å². The second-order valence-electron chi connectivity index (χ2n) is 6.05. The van der Waals surface area contributed by atoms with Crippen LogP contribution in [0.15, 0.2) is 24.4 Å². The second kappa shape index (κ2) is 4.52. The summed E-state index contributed by atoms with van der Waals surface area (Å²) in [4.78, 5) is 12.8. The van der Waals surface area contributed by atoms with E-state index in [0.717, 1.165) is 22.9 Å². The first-order chi connectivity index (χ1) is 9.08. The minimum absolute atomic E-state index is 0.229. The van der Waals surface area contributed by atoms with E-state index in [-0.39, 0.29) is 5.92 Å². The van der Waals surface area contributed by atoms with Gasteiger partial charge in [0.1, 0.15) is 0 Å². The number of benzene rings is 1. The molecule has 0 amide bonds. The highest BCUT2D eigenvalue weighted by Crippen LogP contribution is 2.35. The summed E-state index contributed by atoms with van der Waals surface area (Å²) in [5.74, 6) is 1.11. The van der Waals surface area contributed by atoms with Crippen molar-refractivity contribution in [3.8, 4) is 0 Å². The van der Waals surface area contributed by atoms with Crippen molar-refractivity contribution in [3.05, 3.63) is 35.5 Å². The van der Waals surface area contributed by atoms with Crippen LogP contribution in [0, 0.1) is 18.8 Å². The summed E-state index contributed by atoms with van der Waals surface area (Å²) in [7, 11) is 2.02. The van der Waals surface area contributed by atoms with Gasteiger partial charge < -0.3 is 4.57 Å². The number of hydrogen-bond acceptors (Lipinski definition) is 1. The van der Waals surface area contributed by atoms with Gasteiger partial charge in [-0.05, 0) is 37.3 Å². The number of fused-ring (bicyclic) bond motifs is 1. The Morgan fingerprint density at radius 2 is 2.11 bits per heavy atom. The molecule has 1 fully saturated rings. The molecule has 2 heteroatoms. The molecule has 19 heavy (non-hydrogen) atoms. The maximum absolute atomic E-state index is 12.8. The highest BCUT2D eigenvalue weighted by atomic mass is 16.1. The number of Topliss-reactive ketones (excluding diaryl/α,β-unsaturated/α-hetero) is 1. The van der Waals surface area contributed by atoms with E-state index in [0.29, 0.717) is 11.7 Å². The molecule has 2 unspecified atom stereocenters. The van der Waals surface area contributed by atoms with Gasteiger partial charge in [-0.2, -0.15) is 0 Å². The number of ketones is 1. The number of nitrogens with zero attached hydrogens (tertiary/aromatic N) is 1. The number of rotatable bonds is 2. The summed E-state index contributed by atoms with van der Waals surface area (Å²) in [6, 6.07) is 6.35. The molecule has 1 aromatic heterocycles. The molecule has 2 aromatic rings. The molecular formula is C17H21NO. The van der Waals surface area contributed by atoms with Gasteiger partial charge in [-0.1, -0.05) is 25.5 Å². The van der Waals surface area contributed by atoms with Crippen LogP contribution in [0.25, 0.3) is 10.9 Å². The van der Waals surface area contributed by atoms with Crippen LogP contribution in [0.5, 0.6) is 0 Å². The number of aryl methyl sites for hydroxylation is 2. The molecule has 0 spiro atoms. The zero-order chi connectivity index (χ0) is 13.6. The van der Waals surface area contributed by atoms with Crippen molar-refractivity contribution in [1.82, 2.24) is 4.57 Å². The fourth-order valence-electron chi connectivity index (χ4n) is 3.43. The van der Waals surface area contributed by atoms with Gasteiger partial charge in [0.15, 0.2) is 5.78 Å². The topological polar surface area (TPSA) is 22.0 Å². The number of hydrogen-bond donors (Lipinski definition) is 0. The third-order valence-electron chi connectivity index (χ3n) is 4.61. The van der Waals surface area contributed by atoms with E-state index >= 15 is 0 Å². The highest BCUT2D eigenvalue weighted by Gasteiger charge is 2.31. The lowest BCUT2D eigenvalue weighted by atomic mass is 9.89. The van der Waals surface area contributed by atoms with Crippen LogP contribution >= 0.6 is 0 Å². The molecule has 2 nitrogen and oxygen atoms in total. The van der Waals surface area contributed by atoms with Gasteiger partial charge in [0.25, 0.3) is 0 Å². The van der Waals surface area contributed by atoms with E-state index < -0.39 is 0 Å². The molecule has 0 aliphatic heterocycles. The molecule has 0 N–H and O–H groups in total. The van der Waals surface area contributed by atoms with Gasteiger partial charge in [0.2, 0.25) is 0 Å². The van der Waals surface area contributed by atoms with Gasteiger partial charge in [-0.3, -0.25) is 4.79 Å². The monoisotopic (exact) mass is 255 g/mol. The fraction of sp³-hybridized carbons (Fsp3) is 0.471. The Balaban J connectivity index is 2.08. The van der Waals surface area contributed by atoms with Crippen LogP contribution in [0.3, 0.4) is 0 Å². The predicted molar refractivity (Wildman–Crippen MR) is 78.5 cm³/mol. The van der Waals surface area contributed by atoms with Crippen molar-refractivity contribution in [2.75, 3.05) is 0 Å². The van der Waals surface area contributed by atoms with Crippen LogP contribution in [0.1, 0.15) is 42.1 Å². The molecule has 100 valence electrons. The summed E-state index contributed by atoms with van der Waals surface area (Å²) in [5, 5.41) is 1.11. The van der Waals surface area contributed by atoms with Crippen LogP contribution in [-0.2, 0) is 7.05 Å². The lowest BCUT2D eigenvalue weighted by molar-refractivity contribution is 0.0898. The average Bonchev–Trinajstić information content (AvgIpc) is 2.94. The molecule has 1 saturated carbocycles. The molecule has 0 bridgehead atoms. The summed E-state index contributed by atoms with van der Waals surface area (Å²) >= 11 is 0. The normalized spacial score (nSPS) is 23.1. The minimum atomic E-state index is 0.229. The van der Waals surface area contributed by atoms with E-state index in [2.05, 4.69) is 36.6 Å². The van der Waals surface area contributed by atoms with Crippen LogP contribution in [-0.4, -0.2) is 10.4 Å². The summed E-state index contributed by atoms with van der Waals surface area (Å²) < 4.78 is 2.08. The van der Waals surface area contributed by atoms with Gasteiger partial charge in [-0.25, -0.2) is 0 Å². The number of aromatic nitrogens is 1. The highest BCUT2D eigenvalue weighted by molar-refractivity contribution is 6.09. The minimum Gasteiger partial charge on any atom is -0.350 e. The molecular weight excluding hydrogens is 234 g/mol. The molecule has 1 aromatic carbocycles. The zero-order valence-corrected chi connectivity index (χ0v) is 11.9. The van der Waals surface area contributed by atoms with E-state index in [1.807, 2.05) is 13.2 Å². The Kier molecular flexibility index (Phi) is 2.96. The maximum Gasteiger partial charge on any atom is 0.168 e. The standard InChI is InChI=1S/C17H21NO/c1-11-7-8-14-15(10-18(3)16(14)9-11)17(19)13-6-4-5-12(13)2/h7-10,12-13H,4-6H2,1-3H3. The van der Waals surface area contributed by atoms with Crippen molar-refractivity contribution in [1.29, 1.82) is 0 Å². The first-order valence-electron chi connectivity index (χ1n) is 7.18. The van der Waals surface area contributed by atoms with E-state index in [1.165, 1.54) is 18.4 Å². The van der Waals surface area contributed by atoms with E-state index in [4.69, 9.17) is 0 Å². The first kappa shape index (κ1) is 12.5. The Morgan fingerprint density at radius 1 is 1.32 bits per heavy atom. The van der Waals surface area contributed by atoms with Gasteiger partial charge in [-0.15, -0.1) is 0 Å². The molecule has 3 rings (SSSR count). The molecule has 2 atom stereocenters. The SMILES string of the molecule is Cc1ccc2c(C(=O)C3CCCC3C)cn(C)c2c1. The lowest BCUT2D eigenvalue weighted by Crippen LogP contribution is -2.16. The van der Waals surface area contributed by atoms with Crippen molar-refractivity contribution in [2.45, 2.75) is 33.1 Å². The van der Waals surface area contributed by atoms with Gasteiger partial charge in [0, 0.05) is 35.6 Å². The summed E-state index contributed by atoms with van der Waals surface area (Å²) in [5.41, 5.74) is 3.31. The van der Waals surface area contributed by atoms with Gasteiger partial charge in [0.05, 0.1) is 0 Å². The molecule has 1 heterocycles. The largest absolute Gasteiger partial charge is 0.350 e. The zero-order valence-electron chi connectivity index (χ0n) is 11.9. The van der Waals surface area contributed by atoms with E-state index in [1.54, 1.807) is 0 Å². The molecule has 0 saturated heterocycles. The Labute approximate surface area is 114 Å². The second-order valence-corrected chi connectivity index (χ2v) is 6.05. The lowest BCUT2D eigenvalue weighted by Gasteiger charge is -2.13. The molecule has 0 radical (unpaired) electrons. The fourth-order valence-corrected chi connectivity index (χ4v) is 3.43. The Hall–Kier alpha value is -1.57. The smallest absolute Gasteiger partial charge is 0.168 e. The van der Waals surface area contributed by atoms with Crippen LogP contribution in [0.4, 0.5) is 0 Å². The predicted octanol–water partition coefficient (Wildman–Crippen LogP) is 4.11.